The lowest BCUT2D eigenvalue weighted by Gasteiger charge is -2.19. The second kappa shape index (κ2) is 5.90. The molecule has 0 unspecified atom stereocenters. The van der Waals surface area contributed by atoms with Crippen LogP contribution in [0.1, 0.15) is 18.5 Å². The zero-order valence-electron chi connectivity index (χ0n) is 9.71. The van der Waals surface area contributed by atoms with Crippen molar-refractivity contribution in [1.82, 2.24) is 4.98 Å². The zero-order chi connectivity index (χ0) is 14.5. The molecule has 0 aromatic carbocycles. The molecule has 0 saturated heterocycles. The zero-order valence-corrected chi connectivity index (χ0v) is 10.5. The van der Waals surface area contributed by atoms with Gasteiger partial charge in [-0.05, 0) is 18.6 Å². The summed E-state index contributed by atoms with van der Waals surface area (Å²) in [5, 5.41) is 18.2. The topological polar surface area (TPSA) is 60.5 Å². The van der Waals surface area contributed by atoms with E-state index in [2.05, 4.69) is 4.98 Å². The van der Waals surface area contributed by atoms with Crippen molar-refractivity contribution in [2.24, 2.45) is 5.41 Å². The van der Waals surface area contributed by atoms with Gasteiger partial charge in [-0.15, -0.1) is 0 Å². The van der Waals surface area contributed by atoms with E-state index in [9.17, 15) is 13.2 Å². The molecule has 0 fully saturated rings. The van der Waals surface area contributed by atoms with Gasteiger partial charge in [-0.2, -0.15) is 23.7 Å². The van der Waals surface area contributed by atoms with E-state index in [-0.39, 0.29) is 11.6 Å². The first kappa shape index (κ1) is 15.3. The molecule has 3 nitrogen and oxygen atoms in total. The van der Waals surface area contributed by atoms with Gasteiger partial charge in [0, 0.05) is 18.5 Å². The molecular formula is C12H9ClF3N3. The highest BCUT2D eigenvalue weighted by molar-refractivity contribution is 6.29. The van der Waals surface area contributed by atoms with Gasteiger partial charge in [-0.3, -0.25) is 0 Å². The third-order valence-corrected chi connectivity index (χ3v) is 2.73. The highest BCUT2D eigenvalue weighted by Gasteiger charge is 2.37. The highest BCUT2D eigenvalue weighted by Crippen LogP contribution is 2.32. The maximum atomic E-state index is 12.2. The number of alkyl halides is 3. The van der Waals surface area contributed by atoms with E-state index in [0.717, 1.165) is 0 Å². The quantitative estimate of drug-likeness (QED) is 0.794. The van der Waals surface area contributed by atoms with Crippen LogP contribution in [0.25, 0.3) is 0 Å². The van der Waals surface area contributed by atoms with Crippen molar-refractivity contribution >= 4 is 11.6 Å². The van der Waals surface area contributed by atoms with Gasteiger partial charge in [0.25, 0.3) is 0 Å². The Labute approximate surface area is 113 Å². The number of hydrogen-bond donors (Lipinski definition) is 0. The number of hydrogen-bond acceptors (Lipinski definition) is 3. The molecule has 0 saturated carbocycles. The minimum Gasteiger partial charge on any atom is -0.241 e. The van der Waals surface area contributed by atoms with Crippen LogP contribution >= 0.6 is 11.6 Å². The van der Waals surface area contributed by atoms with Crippen molar-refractivity contribution in [3.05, 3.63) is 29.0 Å². The van der Waals surface area contributed by atoms with E-state index < -0.39 is 24.4 Å². The maximum absolute atomic E-state index is 12.2. The van der Waals surface area contributed by atoms with Crippen LogP contribution in [-0.2, 0) is 6.42 Å². The van der Waals surface area contributed by atoms with E-state index >= 15 is 0 Å². The first-order valence-corrected chi connectivity index (χ1v) is 5.69. The molecule has 0 atom stereocenters. The summed E-state index contributed by atoms with van der Waals surface area (Å²) in [6, 6.07) is 7.90. The number of nitriles is 2. The van der Waals surface area contributed by atoms with Gasteiger partial charge in [-0.1, -0.05) is 17.7 Å². The lowest BCUT2D eigenvalue weighted by atomic mass is 9.81. The summed E-state index contributed by atoms with van der Waals surface area (Å²) in [5.74, 6) is 0. The molecule has 0 radical (unpaired) electrons. The Kier molecular flexibility index (Phi) is 4.74. The summed E-state index contributed by atoms with van der Waals surface area (Å²) in [6.45, 7) is 0. The second-order valence-electron chi connectivity index (χ2n) is 4.05. The Balaban J connectivity index is 2.89. The van der Waals surface area contributed by atoms with Gasteiger partial charge in [0.2, 0.25) is 0 Å². The van der Waals surface area contributed by atoms with Gasteiger partial charge in [0.05, 0.1) is 12.1 Å². The van der Waals surface area contributed by atoms with Crippen molar-refractivity contribution < 1.29 is 13.2 Å². The van der Waals surface area contributed by atoms with Crippen LogP contribution in [0.2, 0.25) is 5.15 Å². The molecule has 0 amide bonds. The number of aromatic nitrogens is 1. The molecule has 19 heavy (non-hydrogen) atoms. The fraction of sp³-hybridized carbons (Fsp3) is 0.417. The third kappa shape index (κ3) is 4.76. The summed E-state index contributed by atoms with van der Waals surface area (Å²) in [6.07, 6.45) is -6.36. The van der Waals surface area contributed by atoms with Gasteiger partial charge >= 0.3 is 6.18 Å². The molecule has 7 heteroatoms. The monoisotopic (exact) mass is 287 g/mol. The smallest absolute Gasteiger partial charge is 0.241 e. The average molecular weight is 288 g/mol. The molecule has 1 heterocycles. The Hall–Kier alpha value is -1.79. The van der Waals surface area contributed by atoms with E-state index in [1.807, 2.05) is 0 Å². The minimum absolute atomic E-state index is 0.165. The number of rotatable bonds is 4. The third-order valence-electron chi connectivity index (χ3n) is 2.52. The van der Waals surface area contributed by atoms with Gasteiger partial charge < -0.3 is 0 Å². The molecule has 0 aliphatic rings. The summed E-state index contributed by atoms with van der Waals surface area (Å²) >= 11 is 5.65. The molecule has 100 valence electrons. The van der Waals surface area contributed by atoms with Gasteiger partial charge in [0.15, 0.2) is 0 Å². The van der Waals surface area contributed by atoms with E-state index in [1.165, 1.54) is 12.1 Å². The predicted molar refractivity (Wildman–Crippen MR) is 61.9 cm³/mol. The molecule has 1 aromatic heterocycles. The molecule has 0 spiro atoms. The Morgan fingerprint density at radius 1 is 1.16 bits per heavy atom. The van der Waals surface area contributed by atoms with E-state index in [0.29, 0.717) is 5.69 Å². The van der Waals surface area contributed by atoms with E-state index in [4.69, 9.17) is 22.1 Å². The number of pyridine rings is 1. The Morgan fingerprint density at radius 2 is 1.79 bits per heavy atom. The van der Waals surface area contributed by atoms with Crippen LogP contribution in [0.3, 0.4) is 0 Å². The molecule has 0 aliphatic heterocycles. The largest absolute Gasteiger partial charge is 0.389 e. The van der Waals surface area contributed by atoms with Crippen molar-refractivity contribution in [3.63, 3.8) is 0 Å². The summed E-state index contributed by atoms with van der Waals surface area (Å²) in [5.41, 5.74) is -1.43. The molecule has 1 rings (SSSR count). The molecule has 0 N–H and O–H groups in total. The van der Waals surface area contributed by atoms with Crippen molar-refractivity contribution in [3.8, 4) is 12.1 Å². The van der Waals surface area contributed by atoms with E-state index in [1.54, 1.807) is 18.2 Å². The normalized spacial score (nSPS) is 11.7. The van der Waals surface area contributed by atoms with Crippen molar-refractivity contribution in [2.75, 3.05) is 0 Å². The highest BCUT2D eigenvalue weighted by atomic mass is 35.5. The van der Waals surface area contributed by atoms with Gasteiger partial charge in [-0.25, -0.2) is 4.98 Å². The predicted octanol–water partition coefficient (Wildman–Crippen LogP) is 3.65. The van der Waals surface area contributed by atoms with Crippen LogP contribution in [0.5, 0.6) is 0 Å². The maximum Gasteiger partial charge on any atom is 0.389 e. The Bertz CT molecular complexity index is 514. The lowest BCUT2D eigenvalue weighted by Crippen LogP contribution is -2.23. The minimum atomic E-state index is -4.40. The Morgan fingerprint density at radius 3 is 2.26 bits per heavy atom. The van der Waals surface area contributed by atoms with Crippen LogP contribution in [-0.4, -0.2) is 11.2 Å². The second-order valence-corrected chi connectivity index (χ2v) is 4.44. The van der Waals surface area contributed by atoms with Crippen molar-refractivity contribution in [2.45, 2.75) is 25.4 Å². The van der Waals surface area contributed by atoms with Crippen LogP contribution in [0.15, 0.2) is 18.2 Å². The van der Waals surface area contributed by atoms with Crippen LogP contribution < -0.4 is 0 Å². The van der Waals surface area contributed by atoms with Crippen LogP contribution in [0.4, 0.5) is 13.2 Å². The molecule has 0 bridgehead atoms. The van der Waals surface area contributed by atoms with Crippen LogP contribution in [0, 0.1) is 28.1 Å². The lowest BCUT2D eigenvalue weighted by molar-refractivity contribution is -0.138. The average Bonchev–Trinajstić information content (AvgIpc) is 2.34. The number of halogens is 4. The summed E-state index contributed by atoms with van der Waals surface area (Å²) in [4.78, 5) is 3.88. The summed E-state index contributed by atoms with van der Waals surface area (Å²) in [7, 11) is 0. The van der Waals surface area contributed by atoms with Crippen molar-refractivity contribution in [1.29, 1.82) is 10.5 Å². The summed E-state index contributed by atoms with van der Waals surface area (Å²) < 4.78 is 36.6. The fourth-order valence-corrected chi connectivity index (χ4v) is 1.70. The van der Waals surface area contributed by atoms with Gasteiger partial charge in [0.1, 0.15) is 10.6 Å². The first-order chi connectivity index (χ1) is 8.80. The standard InChI is InChI=1S/C12H9ClF3N3/c13-10-3-1-2-9(19-10)6-11(7-17,8-18)4-5-12(14,15)16/h1-3H,4-6H2. The first-order valence-electron chi connectivity index (χ1n) is 5.31. The molecule has 1 aromatic rings. The fourth-order valence-electron chi connectivity index (χ4n) is 1.52. The number of nitrogens with zero attached hydrogens (tertiary/aromatic N) is 3. The molecular weight excluding hydrogens is 279 g/mol. The molecule has 0 aliphatic carbocycles. The SMILES string of the molecule is N#CC(C#N)(CCC(F)(F)F)Cc1cccc(Cl)n1.